The summed E-state index contributed by atoms with van der Waals surface area (Å²) in [5.41, 5.74) is 10.4. The fraction of sp³-hybridized carbons (Fsp3) is 0.321. The Balaban J connectivity index is 1.53. The molecule has 6 rings (SSSR count). The van der Waals surface area contributed by atoms with Crippen molar-refractivity contribution >= 4 is 38.9 Å². The summed E-state index contributed by atoms with van der Waals surface area (Å²) < 4.78 is 78.9. The molecule has 1 aromatic carbocycles. The molecule has 0 unspecified atom stereocenters. The molecule has 2 aromatic heterocycles. The Morgan fingerprint density at radius 3 is 2.68 bits per heavy atom. The summed E-state index contributed by atoms with van der Waals surface area (Å²) in [6.07, 6.45) is -1.65. The van der Waals surface area contributed by atoms with Gasteiger partial charge in [-0.1, -0.05) is 24.6 Å². The second-order valence-corrected chi connectivity index (χ2v) is 13.7. The summed E-state index contributed by atoms with van der Waals surface area (Å²) in [7, 11) is -3.15. The molecular weight excluding hydrogens is 623 g/mol. The van der Waals surface area contributed by atoms with Crippen molar-refractivity contribution in [1.29, 1.82) is 0 Å². The third-order valence-corrected chi connectivity index (χ3v) is 10.1. The molecule has 0 radical (unpaired) electrons. The average Bonchev–Trinajstić information content (AvgIpc) is 3.05. The number of nitrogens with two attached hydrogens (primary N) is 2. The molecule has 0 spiro atoms. The number of nitrogen functional groups attached to an aromatic ring is 2. The molecule has 0 saturated carbocycles. The molecule has 0 amide bonds. The molecule has 5 N–H and O–H groups in total. The van der Waals surface area contributed by atoms with Gasteiger partial charge in [-0.05, 0) is 30.7 Å². The molecule has 11 nitrogen and oxygen atoms in total. The van der Waals surface area contributed by atoms with Gasteiger partial charge in [0.25, 0.3) is 0 Å². The third kappa shape index (κ3) is 5.45. The number of nitrogens with one attached hydrogen (secondary N) is 1. The Bertz CT molecular complexity index is 1960. The zero-order valence-corrected chi connectivity index (χ0v) is 25.1. The lowest BCUT2D eigenvalue weighted by Gasteiger charge is -2.37. The van der Waals surface area contributed by atoms with Gasteiger partial charge in [-0.3, -0.25) is 4.99 Å². The first-order valence-corrected chi connectivity index (χ1v) is 15.5. The summed E-state index contributed by atoms with van der Waals surface area (Å²) in [6, 6.07) is 6.01. The number of halogens is 4. The molecule has 3 aliphatic heterocycles. The Morgan fingerprint density at radius 2 is 2.00 bits per heavy atom. The van der Waals surface area contributed by atoms with E-state index in [1.54, 1.807) is 36.4 Å². The number of hydrogen-bond donors (Lipinski definition) is 3. The summed E-state index contributed by atoms with van der Waals surface area (Å²) in [4.78, 5) is 14.4. The largest absolute Gasteiger partial charge is 0.463 e. The Labute approximate surface area is 255 Å². The highest BCUT2D eigenvalue weighted by Gasteiger charge is 2.45. The maximum Gasteiger partial charge on any atom is 0.418 e. The molecule has 232 valence electrons. The van der Waals surface area contributed by atoms with Crippen molar-refractivity contribution in [2.24, 2.45) is 10.4 Å². The molecule has 3 aromatic rings. The standard InChI is InChI=1S/C28H27ClF3N7O4S/c1-14-6-18(33)38-23(21(14)28(30,31)32)16-7-17-20-24(22(16)29)36-13-37-26(20)39(8-15-4-3-5-35-25(15)34)9-19(43-17)42-10-27(2)11-44(40,41)12-27/h3-7,9,37H,8,10-13H2,1-2H3,(H2,33,38)(H2,34,35). The van der Waals surface area contributed by atoms with Gasteiger partial charge in [0.15, 0.2) is 9.84 Å². The Hall–Kier alpha value is -4.24. The number of benzene rings is 1. The van der Waals surface area contributed by atoms with Crippen LogP contribution in [0.1, 0.15) is 23.6 Å². The van der Waals surface area contributed by atoms with Gasteiger partial charge in [-0.2, -0.15) is 13.2 Å². The maximum atomic E-state index is 14.3. The van der Waals surface area contributed by atoms with Gasteiger partial charge < -0.3 is 31.2 Å². The van der Waals surface area contributed by atoms with Crippen LogP contribution in [0, 0.1) is 12.3 Å². The predicted molar refractivity (Wildman–Crippen MR) is 157 cm³/mol. The van der Waals surface area contributed by atoms with Gasteiger partial charge in [0, 0.05) is 22.7 Å². The minimum Gasteiger partial charge on any atom is -0.463 e. The molecule has 16 heteroatoms. The second-order valence-electron chi connectivity index (χ2n) is 11.2. The van der Waals surface area contributed by atoms with Crippen molar-refractivity contribution in [3.63, 3.8) is 0 Å². The fourth-order valence-corrected chi connectivity index (χ4v) is 8.17. The second kappa shape index (κ2) is 10.4. The van der Waals surface area contributed by atoms with Gasteiger partial charge in [0.1, 0.15) is 29.9 Å². The first-order valence-electron chi connectivity index (χ1n) is 13.3. The average molecular weight is 650 g/mol. The fourth-order valence-electron chi connectivity index (χ4n) is 5.66. The molecule has 3 aliphatic rings. The highest BCUT2D eigenvalue weighted by molar-refractivity contribution is 7.92. The van der Waals surface area contributed by atoms with Crippen LogP contribution in [0.15, 0.2) is 47.6 Å². The van der Waals surface area contributed by atoms with Gasteiger partial charge in [0.05, 0.1) is 57.7 Å². The lowest BCUT2D eigenvalue weighted by molar-refractivity contribution is -0.137. The Kier molecular flexibility index (Phi) is 7.07. The predicted octanol–water partition coefficient (Wildman–Crippen LogP) is 2.68. The van der Waals surface area contributed by atoms with Crippen molar-refractivity contribution in [1.82, 2.24) is 20.2 Å². The number of aryl methyl sites for hydroxylation is 1. The zero-order chi connectivity index (χ0) is 31.6. The van der Waals surface area contributed by atoms with Crippen LogP contribution in [0.3, 0.4) is 0 Å². The molecule has 0 aliphatic carbocycles. The van der Waals surface area contributed by atoms with Crippen LogP contribution in [0.5, 0.6) is 5.75 Å². The van der Waals surface area contributed by atoms with E-state index in [0.717, 1.165) is 6.07 Å². The molecule has 44 heavy (non-hydrogen) atoms. The van der Waals surface area contributed by atoms with Crippen molar-refractivity contribution in [2.75, 3.05) is 36.2 Å². The van der Waals surface area contributed by atoms with Gasteiger partial charge in [0.2, 0.25) is 0 Å². The van der Waals surface area contributed by atoms with Crippen molar-refractivity contribution in [3.05, 3.63) is 74.9 Å². The van der Waals surface area contributed by atoms with E-state index in [0.29, 0.717) is 22.4 Å². The van der Waals surface area contributed by atoms with Crippen LogP contribution in [0.4, 0.5) is 24.8 Å². The minimum atomic E-state index is -4.77. The highest BCUT2D eigenvalue weighted by atomic mass is 35.5. The number of pyridine rings is 2. The van der Waals surface area contributed by atoms with E-state index < -0.39 is 32.7 Å². The minimum absolute atomic E-state index is 0.00486. The number of ether oxygens (including phenoxy) is 2. The van der Waals surface area contributed by atoms with E-state index in [1.807, 2.05) is 0 Å². The summed E-state index contributed by atoms with van der Waals surface area (Å²) in [5, 5.41) is 3.67. The molecule has 1 saturated heterocycles. The topological polar surface area (TPSA) is 158 Å². The van der Waals surface area contributed by atoms with Crippen LogP contribution in [-0.2, 0) is 27.3 Å². The number of rotatable bonds is 6. The monoisotopic (exact) mass is 649 g/mol. The van der Waals surface area contributed by atoms with Crippen LogP contribution in [0.25, 0.3) is 17.1 Å². The lowest BCUT2D eigenvalue weighted by atomic mass is 9.96. The van der Waals surface area contributed by atoms with E-state index in [2.05, 4.69) is 20.3 Å². The van der Waals surface area contributed by atoms with Gasteiger partial charge >= 0.3 is 12.1 Å². The van der Waals surface area contributed by atoms with Crippen molar-refractivity contribution in [2.45, 2.75) is 26.6 Å². The first-order chi connectivity index (χ1) is 20.6. The van der Waals surface area contributed by atoms with E-state index in [1.165, 1.54) is 13.0 Å². The lowest BCUT2D eigenvalue weighted by Crippen LogP contribution is -2.49. The summed E-state index contributed by atoms with van der Waals surface area (Å²) >= 11 is 6.81. The SMILES string of the molecule is Cc1cc(N)nc(-c2cc3c4c(c2Cl)=NCNC=4N(Cc2cccnc2N)C=C(OCC2(C)CS(=O)(=O)C2)O3)c1C(F)(F)F. The molecule has 5 heterocycles. The number of sulfone groups is 1. The van der Waals surface area contributed by atoms with Crippen molar-refractivity contribution < 1.29 is 31.1 Å². The van der Waals surface area contributed by atoms with Crippen LogP contribution in [-0.4, -0.2) is 48.1 Å². The van der Waals surface area contributed by atoms with E-state index in [-0.39, 0.29) is 70.3 Å². The normalized spacial score (nSPS) is 18.1. The maximum absolute atomic E-state index is 14.3. The smallest absolute Gasteiger partial charge is 0.418 e. The molecule has 0 bridgehead atoms. The van der Waals surface area contributed by atoms with Gasteiger partial charge in [-0.15, -0.1) is 0 Å². The number of anilines is 2. The van der Waals surface area contributed by atoms with E-state index in [4.69, 9.17) is 32.5 Å². The van der Waals surface area contributed by atoms with Crippen LogP contribution >= 0.6 is 11.6 Å². The first kappa shape index (κ1) is 29.8. The number of aromatic nitrogens is 2. The van der Waals surface area contributed by atoms with Crippen LogP contribution in [0.2, 0.25) is 5.02 Å². The third-order valence-electron chi connectivity index (χ3n) is 7.42. The van der Waals surface area contributed by atoms with Gasteiger partial charge in [-0.25, -0.2) is 18.4 Å². The zero-order valence-electron chi connectivity index (χ0n) is 23.5. The molecule has 1 fully saturated rings. The Morgan fingerprint density at radius 1 is 1.25 bits per heavy atom. The molecular formula is C28H27ClF3N7O4S. The van der Waals surface area contributed by atoms with Crippen LogP contribution < -0.4 is 32.1 Å². The van der Waals surface area contributed by atoms with E-state index in [9.17, 15) is 21.6 Å². The van der Waals surface area contributed by atoms with Crippen molar-refractivity contribution in [3.8, 4) is 17.0 Å². The number of alkyl halides is 3. The summed E-state index contributed by atoms with van der Waals surface area (Å²) in [5.74, 6) is 0.586. The van der Waals surface area contributed by atoms with E-state index >= 15 is 0 Å². The number of hydrogen-bond acceptors (Lipinski definition) is 11. The number of nitrogens with zero attached hydrogens (tertiary/aromatic N) is 4. The molecule has 0 atom stereocenters. The highest BCUT2D eigenvalue weighted by Crippen LogP contribution is 2.41. The quantitative estimate of drug-likeness (QED) is 0.363. The summed E-state index contributed by atoms with van der Waals surface area (Å²) in [6.45, 7) is 3.31.